The van der Waals surface area contributed by atoms with E-state index in [9.17, 15) is 4.79 Å². The molecule has 1 fully saturated rings. The average molecular weight is 447 g/mol. The molecule has 154 valence electrons. The van der Waals surface area contributed by atoms with Gasteiger partial charge in [0.1, 0.15) is 5.75 Å². The second kappa shape index (κ2) is 10.6. The van der Waals surface area contributed by atoms with Crippen molar-refractivity contribution in [2.75, 3.05) is 37.9 Å². The van der Waals surface area contributed by atoms with Gasteiger partial charge in [0.2, 0.25) is 0 Å². The second-order valence-electron chi connectivity index (χ2n) is 6.56. The van der Waals surface area contributed by atoms with Crippen LogP contribution < -0.4 is 15.4 Å². The molecule has 2 aromatic rings. The molecule has 2 N–H and O–H groups in total. The topological polar surface area (TPSA) is 58.8 Å². The van der Waals surface area contributed by atoms with Gasteiger partial charge in [-0.3, -0.25) is 4.79 Å². The van der Waals surface area contributed by atoms with Crippen molar-refractivity contribution < 1.29 is 9.53 Å². The molecule has 3 rings (SSSR count). The van der Waals surface area contributed by atoms with Gasteiger partial charge in [0.25, 0.3) is 5.91 Å². The molecule has 1 heterocycles. The third kappa shape index (κ3) is 5.16. The molecule has 2 aromatic carbocycles. The molecule has 1 aliphatic rings. The number of hydrogen-bond acceptors (Lipinski definition) is 4. The minimum Gasteiger partial charge on any atom is -0.496 e. The van der Waals surface area contributed by atoms with Gasteiger partial charge >= 0.3 is 0 Å². The lowest BCUT2D eigenvalue weighted by Gasteiger charge is -2.25. The highest BCUT2D eigenvalue weighted by Crippen LogP contribution is 2.31. The Hall–Kier alpha value is -1.82. The number of nitrogen functional groups attached to an aromatic ring is 1. The summed E-state index contributed by atoms with van der Waals surface area (Å²) in [6.07, 6.45) is 2.43. The van der Waals surface area contributed by atoms with Crippen molar-refractivity contribution in [1.82, 2.24) is 4.90 Å². The number of hydrogen-bond donors (Lipinski definition) is 1. The first kappa shape index (κ1) is 24.2. The number of nitrogens with two attached hydrogens (primary N) is 1. The number of methoxy groups -OCH3 is 1. The van der Waals surface area contributed by atoms with Crippen molar-refractivity contribution in [1.29, 1.82) is 0 Å². The molecule has 1 saturated heterocycles. The fourth-order valence-corrected chi connectivity index (χ4v) is 3.51. The third-order valence-electron chi connectivity index (χ3n) is 4.74. The molecule has 5 nitrogen and oxygen atoms in total. The maximum atomic E-state index is 13.0. The Morgan fingerprint density at radius 1 is 1.21 bits per heavy atom. The van der Waals surface area contributed by atoms with Crippen molar-refractivity contribution in [3.8, 4) is 5.75 Å². The van der Waals surface area contributed by atoms with Gasteiger partial charge < -0.3 is 20.3 Å². The average Bonchev–Trinajstić information content (AvgIpc) is 3.18. The minimum atomic E-state index is -0.153. The van der Waals surface area contributed by atoms with Crippen LogP contribution in [0.15, 0.2) is 36.4 Å². The van der Waals surface area contributed by atoms with Crippen LogP contribution in [0.5, 0.6) is 5.75 Å². The number of para-hydroxylation sites is 1. The molecule has 0 unspecified atom stereocenters. The zero-order valence-electron chi connectivity index (χ0n) is 16.0. The summed E-state index contributed by atoms with van der Waals surface area (Å²) in [7, 11) is 3.30. The highest BCUT2D eigenvalue weighted by Gasteiger charge is 2.21. The van der Waals surface area contributed by atoms with Crippen LogP contribution in [0, 0.1) is 0 Å². The number of anilines is 2. The number of nitrogens with zero attached hydrogens (tertiary/aromatic N) is 2. The lowest BCUT2D eigenvalue weighted by atomic mass is 10.1. The molecule has 0 bridgehead atoms. The standard InChI is InChI=1S/C20H24ClN3O2.2ClH/c1-23(20(25)15-11-16(21)17(22)12-19(15)26-2)13-14-7-3-4-8-18(14)24-9-5-6-10-24;;/h3-4,7-8,11-12H,5-6,9-10,13,22H2,1-2H3;2*1H. The largest absolute Gasteiger partial charge is 0.496 e. The number of carbonyl (C=O) groups is 1. The summed E-state index contributed by atoms with van der Waals surface area (Å²) >= 11 is 6.11. The van der Waals surface area contributed by atoms with Gasteiger partial charge in [-0.15, -0.1) is 24.8 Å². The van der Waals surface area contributed by atoms with E-state index in [1.54, 1.807) is 24.1 Å². The molecule has 1 amide bonds. The van der Waals surface area contributed by atoms with Gasteiger partial charge in [0.05, 0.1) is 23.4 Å². The Balaban J connectivity index is 0.00000196. The van der Waals surface area contributed by atoms with Crippen LogP contribution >= 0.6 is 36.4 Å². The van der Waals surface area contributed by atoms with E-state index < -0.39 is 0 Å². The van der Waals surface area contributed by atoms with E-state index in [1.165, 1.54) is 25.6 Å². The fourth-order valence-electron chi connectivity index (χ4n) is 3.35. The van der Waals surface area contributed by atoms with E-state index in [1.807, 2.05) is 12.1 Å². The molecular formula is C20H26Cl3N3O2. The molecule has 0 aromatic heterocycles. The van der Waals surface area contributed by atoms with Crippen molar-refractivity contribution in [2.24, 2.45) is 0 Å². The molecule has 0 spiro atoms. The first-order valence-electron chi connectivity index (χ1n) is 8.72. The SMILES string of the molecule is COc1cc(N)c(Cl)cc1C(=O)N(C)Cc1ccccc1N1CCCC1.Cl.Cl. The Morgan fingerprint density at radius 2 is 1.86 bits per heavy atom. The van der Waals surface area contributed by atoms with Crippen molar-refractivity contribution >= 4 is 53.7 Å². The normalized spacial score (nSPS) is 12.8. The third-order valence-corrected chi connectivity index (χ3v) is 5.07. The summed E-state index contributed by atoms with van der Waals surface area (Å²) in [5.41, 5.74) is 8.94. The van der Waals surface area contributed by atoms with Crippen LogP contribution in [0.1, 0.15) is 28.8 Å². The zero-order chi connectivity index (χ0) is 18.7. The summed E-state index contributed by atoms with van der Waals surface area (Å²) in [5.74, 6) is 0.275. The van der Waals surface area contributed by atoms with Crippen molar-refractivity contribution in [2.45, 2.75) is 19.4 Å². The molecule has 28 heavy (non-hydrogen) atoms. The Bertz CT molecular complexity index is 811. The predicted molar refractivity (Wildman–Crippen MR) is 121 cm³/mol. The zero-order valence-corrected chi connectivity index (χ0v) is 18.4. The number of ether oxygens (including phenoxy) is 1. The van der Waals surface area contributed by atoms with Crippen LogP contribution in [0.4, 0.5) is 11.4 Å². The molecule has 0 atom stereocenters. The molecular weight excluding hydrogens is 421 g/mol. The van der Waals surface area contributed by atoms with Crippen LogP contribution in [-0.2, 0) is 6.54 Å². The number of halogens is 3. The number of amides is 1. The summed E-state index contributed by atoms with van der Waals surface area (Å²) in [6, 6.07) is 11.4. The maximum absolute atomic E-state index is 13.0. The number of benzene rings is 2. The Labute approximate surface area is 183 Å². The predicted octanol–water partition coefficient (Wildman–Crippen LogP) is 4.65. The van der Waals surface area contributed by atoms with Gasteiger partial charge in [-0.05, 0) is 30.5 Å². The van der Waals surface area contributed by atoms with E-state index >= 15 is 0 Å². The van der Waals surface area contributed by atoms with E-state index in [4.69, 9.17) is 22.1 Å². The Kier molecular flexibility index (Phi) is 9.21. The van der Waals surface area contributed by atoms with E-state index in [0.29, 0.717) is 28.6 Å². The molecule has 1 aliphatic heterocycles. The van der Waals surface area contributed by atoms with Crippen LogP contribution in [0.25, 0.3) is 0 Å². The minimum absolute atomic E-state index is 0. The highest BCUT2D eigenvalue weighted by molar-refractivity contribution is 6.33. The van der Waals surface area contributed by atoms with Gasteiger partial charge in [-0.25, -0.2) is 0 Å². The second-order valence-corrected chi connectivity index (χ2v) is 6.97. The molecule has 0 aliphatic carbocycles. The smallest absolute Gasteiger partial charge is 0.257 e. The lowest BCUT2D eigenvalue weighted by Crippen LogP contribution is -2.28. The summed E-state index contributed by atoms with van der Waals surface area (Å²) < 4.78 is 5.31. The summed E-state index contributed by atoms with van der Waals surface area (Å²) in [5, 5.41) is 0.347. The van der Waals surface area contributed by atoms with E-state index in [-0.39, 0.29) is 30.7 Å². The Morgan fingerprint density at radius 3 is 2.50 bits per heavy atom. The lowest BCUT2D eigenvalue weighted by molar-refractivity contribution is 0.0782. The number of carbonyl (C=O) groups excluding carboxylic acids is 1. The van der Waals surface area contributed by atoms with Gasteiger partial charge in [-0.2, -0.15) is 0 Å². The molecule has 0 radical (unpaired) electrons. The molecule has 0 saturated carbocycles. The van der Waals surface area contributed by atoms with Gasteiger partial charge in [0, 0.05) is 38.4 Å². The summed E-state index contributed by atoms with van der Waals surface area (Å²) in [4.78, 5) is 17.0. The monoisotopic (exact) mass is 445 g/mol. The summed E-state index contributed by atoms with van der Waals surface area (Å²) in [6.45, 7) is 2.64. The molecule has 8 heteroatoms. The van der Waals surface area contributed by atoms with Crippen LogP contribution in [0.2, 0.25) is 5.02 Å². The maximum Gasteiger partial charge on any atom is 0.257 e. The van der Waals surface area contributed by atoms with Crippen molar-refractivity contribution in [3.05, 3.63) is 52.5 Å². The first-order valence-corrected chi connectivity index (χ1v) is 9.10. The van der Waals surface area contributed by atoms with E-state index in [0.717, 1.165) is 18.7 Å². The quantitative estimate of drug-likeness (QED) is 0.679. The van der Waals surface area contributed by atoms with Crippen LogP contribution in [-0.4, -0.2) is 38.1 Å². The van der Waals surface area contributed by atoms with Crippen LogP contribution in [0.3, 0.4) is 0 Å². The number of rotatable bonds is 5. The van der Waals surface area contributed by atoms with Gasteiger partial charge in [0.15, 0.2) is 0 Å². The van der Waals surface area contributed by atoms with Gasteiger partial charge in [-0.1, -0.05) is 29.8 Å². The van der Waals surface area contributed by atoms with E-state index in [2.05, 4.69) is 17.0 Å². The fraction of sp³-hybridized carbons (Fsp3) is 0.350. The van der Waals surface area contributed by atoms with Crippen molar-refractivity contribution in [3.63, 3.8) is 0 Å². The first-order chi connectivity index (χ1) is 12.5. The highest BCUT2D eigenvalue weighted by atomic mass is 35.5.